The lowest BCUT2D eigenvalue weighted by atomic mass is 9.91. The molecule has 0 radical (unpaired) electrons. The van der Waals surface area contributed by atoms with Crippen LogP contribution in [-0.2, 0) is 29.5 Å². The van der Waals surface area contributed by atoms with Gasteiger partial charge in [-0.3, -0.25) is 9.59 Å². The molecule has 1 saturated heterocycles. The number of rotatable bonds is 11. The molecule has 9 heteroatoms. The van der Waals surface area contributed by atoms with Gasteiger partial charge in [0.05, 0.1) is 11.8 Å². The summed E-state index contributed by atoms with van der Waals surface area (Å²) in [4.78, 5) is 31.7. The van der Waals surface area contributed by atoms with Crippen molar-refractivity contribution in [3.05, 3.63) is 83.3 Å². The maximum absolute atomic E-state index is 15.0. The van der Waals surface area contributed by atoms with Crippen LogP contribution in [0.25, 0.3) is 10.9 Å². The number of hydrogen-bond acceptors (Lipinski definition) is 4. The fourth-order valence-electron chi connectivity index (χ4n) is 6.19. The average Bonchev–Trinajstić information content (AvgIpc) is 3.55. The van der Waals surface area contributed by atoms with Crippen LogP contribution >= 0.6 is 0 Å². The van der Waals surface area contributed by atoms with Crippen LogP contribution in [0.1, 0.15) is 65.3 Å². The number of likely N-dealkylation sites (tertiary alicyclic amines) is 1. The Kier molecular flexibility index (Phi) is 9.37. The number of piperidine rings is 1. The lowest BCUT2D eigenvalue weighted by molar-refractivity contribution is -0.132. The van der Waals surface area contributed by atoms with Gasteiger partial charge in [-0.25, -0.2) is 9.37 Å². The van der Waals surface area contributed by atoms with Crippen LogP contribution in [0.15, 0.2) is 55.0 Å². The summed E-state index contributed by atoms with van der Waals surface area (Å²) in [6.07, 6.45) is 8.00. The summed E-state index contributed by atoms with van der Waals surface area (Å²) in [6.45, 7) is 4.80. The van der Waals surface area contributed by atoms with E-state index in [4.69, 9.17) is 4.74 Å². The molecule has 2 aromatic carbocycles. The van der Waals surface area contributed by atoms with Gasteiger partial charge in [-0.2, -0.15) is 0 Å². The largest absolute Gasteiger partial charge is 0.385 e. The third kappa shape index (κ3) is 6.57. The first-order valence-electron chi connectivity index (χ1n) is 14.8. The van der Waals surface area contributed by atoms with Gasteiger partial charge in [0.2, 0.25) is 5.91 Å². The monoisotopic (exact) mass is 573 g/mol. The van der Waals surface area contributed by atoms with Gasteiger partial charge in [-0.05, 0) is 68.4 Å². The number of halogens is 1. The van der Waals surface area contributed by atoms with Crippen molar-refractivity contribution in [2.45, 2.75) is 57.9 Å². The summed E-state index contributed by atoms with van der Waals surface area (Å²) in [6, 6.07) is 13.0. The van der Waals surface area contributed by atoms with Crippen LogP contribution in [0, 0.1) is 12.7 Å². The molecule has 0 saturated carbocycles. The van der Waals surface area contributed by atoms with E-state index in [0.717, 1.165) is 60.9 Å². The standard InChI is InChI=1S/C33H40FN5O3/c1-23-27-10-5-11-28(34)32(27)39(18-7-19-42-3)31(23)25-9-6-17-38(20-25)30(40)12-4-8-24-13-15-26(16-14-24)36-33(41)29-21-37(2)22-35-29/h5,10-11,13-16,21-22,25H,4,6-9,12,17-20H2,1-3H3,(H,36,41). The van der Waals surface area contributed by atoms with Gasteiger partial charge in [0.1, 0.15) is 11.5 Å². The topological polar surface area (TPSA) is 81.4 Å². The van der Waals surface area contributed by atoms with Crippen molar-refractivity contribution in [3.63, 3.8) is 0 Å². The van der Waals surface area contributed by atoms with E-state index in [2.05, 4.69) is 21.8 Å². The summed E-state index contributed by atoms with van der Waals surface area (Å²) in [5.74, 6) is -0.105. The number of fused-ring (bicyclic) bond motifs is 1. The minimum absolute atomic E-state index is 0.171. The molecular formula is C33H40FN5O3. The summed E-state index contributed by atoms with van der Waals surface area (Å²) in [7, 11) is 3.51. The fourth-order valence-corrected chi connectivity index (χ4v) is 6.19. The van der Waals surface area contributed by atoms with Gasteiger partial charge in [0, 0.05) is 75.7 Å². The number of amides is 2. The molecule has 0 bridgehead atoms. The maximum Gasteiger partial charge on any atom is 0.275 e. The summed E-state index contributed by atoms with van der Waals surface area (Å²) < 4.78 is 24.2. The molecule has 0 spiro atoms. The maximum atomic E-state index is 15.0. The molecule has 2 amide bonds. The van der Waals surface area contributed by atoms with Crippen molar-refractivity contribution in [1.82, 2.24) is 19.0 Å². The molecule has 222 valence electrons. The second-order valence-electron chi connectivity index (χ2n) is 11.3. The van der Waals surface area contributed by atoms with Crippen LogP contribution in [0.5, 0.6) is 0 Å². The molecule has 1 aliphatic heterocycles. The Morgan fingerprint density at radius 3 is 2.69 bits per heavy atom. The van der Waals surface area contributed by atoms with E-state index in [1.54, 1.807) is 30.3 Å². The van der Waals surface area contributed by atoms with Crippen LogP contribution < -0.4 is 5.32 Å². The molecule has 4 aromatic rings. The quantitative estimate of drug-likeness (QED) is 0.229. The molecule has 42 heavy (non-hydrogen) atoms. The predicted molar refractivity (Wildman–Crippen MR) is 162 cm³/mol. The van der Waals surface area contributed by atoms with Crippen molar-refractivity contribution in [2.75, 3.05) is 32.1 Å². The number of hydrogen-bond donors (Lipinski definition) is 1. The van der Waals surface area contributed by atoms with Crippen molar-refractivity contribution < 1.29 is 18.7 Å². The normalized spacial score (nSPS) is 15.3. The average molecular weight is 574 g/mol. The van der Waals surface area contributed by atoms with Crippen LogP contribution in [0.4, 0.5) is 10.1 Å². The summed E-state index contributed by atoms with van der Waals surface area (Å²) in [5.41, 5.74) is 5.12. The van der Waals surface area contributed by atoms with E-state index >= 15 is 4.39 Å². The lowest BCUT2D eigenvalue weighted by Crippen LogP contribution is -2.39. The molecule has 5 rings (SSSR count). The zero-order valence-electron chi connectivity index (χ0n) is 24.7. The van der Waals surface area contributed by atoms with E-state index in [1.165, 1.54) is 6.07 Å². The number of methoxy groups -OCH3 is 1. The summed E-state index contributed by atoms with van der Waals surface area (Å²) >= 11 is 0. The van der Waals surface area contributed by atoms with E-state index in [0.29, 0.717) is 43.0 Å². The van der Waals surface area contributed by atoms with Crippen LogP contribution in [0.2, 0.25) is 0 Å². The SMILES string of the molecule is COCCCn1c(C2CCCN(C(=O)CCCc3ccc(NC(=O)c4cn(C)cn4)cc3)C2)c(C)c2cccc(F)c21. The Morgan fingerprint density at radius 1 is 1.14 bits per heavy atom. The number of nitrogens with one attached hydrogen (secondary N) is 1. The van der Waals surface area contributed by atoms with Gasteiger partial charge in [0.25, 0.3) is 5.91 Å². The van der Waals surface area contributed by atoms with E-state index < -0.39 is 0 Å². The zero-order valence-corrected chi connectivity index (χ0v) is 24.7. The molecule has 1 aliphatic rings. The zero-order chi connectivity index (χ0) is 29.6. The van der Waals surface area contributed by atoms with Gasteiger partial charge < -0.3 is 24.1 Å². The third-order valence-electron chi connectivity index (χ3n) is 8.23. The Bertz CT molecular complexity index is 1540. The van der Waals surface area contributed by atoms with Gasteiger partial charge in [-0.15, -0.1) is 0 Å². The number of anilines is 1. The molecule has 8 nitrogen and oxygen atoms in total. The van der Waals surface area contributed by atoms with Gasteiger partial charge in [0.15, 0.2) is 0 Å². The first-order chi connectivity index (χ1) is 20.4. The smallest absolute Gasteiger partial charge is 0.275 e. The number of nitrogens with zero attached hydrogens (tertiary/aromatic N) is 4. The number of imidazole rings is 1. The minimum atomic E-state index is -0.246. The Morgan fingerprint density at radius 2 is 1.95 bits per heavy atom. The second-order valence-corrected chi connectivity index (χ2v) is 11.3. The van der Waals surface area contributed by atoms with Crippen molar-refractivity contribution in [2.24, 2.45) is 7.05 Å². The number of aryl methyl sites for hydroxylation is 4. The summed E-state index contributed by atoms with van der Waals surface area (Å²) in [5, 5.41) is 3.81. The highest BCUT2D eigenvalue weighted by Gasteiger charge is 2.29. The van der Waals surface area contributed by atoms with Crippen LogP contribution in [-0.4, -0.2) is 57.6 Å². The first kappa shape index (κ1) is 29.5. The van der Waals surface area contributed by atoms with Crippen molar-refractivity contribution in [3.8, 4) is 0 Å². The number of para-hydroxylation sites is 1. The highest BCUT2D eigenvalue weighted by molar-refractivity contribution is 6.02. The molecule has 1 atom stereocenters. The second kappa shape index (κ2) is 13.3. The molecule has 1 unspecified atom stereocenters. The molecule has 1 N–H and O–H groups in total. The first-order valence-corrected chi connectivity index (χ1v) is 14.8. The van der Waals surface area contributed by atoms with Gasteiger partial charge in [-0.1, -0.05) is 24.3 Å². The number of benzene rings is 2. The van der Waals surface area contributed by atoms with Crippen molar-refractivity contribution in [1.29, 1.82) is 0 Å². The van der Waals surface area contributed by atoms with Gasteiger partial charge >= 0.3 is 0 Å². The minimum Gasteiger partial charge on any atom is -0.385 e. The van der Waals surface area contributed by atoms with Crippen LogP contribution in [0.3, 0.4) is 0 Å². The Labute approximate surface area is 246 Å². The van der Waals surface area contributed by atoms with Crippen molar-refractivity contribution >= 4 is 28.4 Å². The van der Waals surface area contributed by atoms with E-state index in [9.17, 15) is 9.59 Å². The lowest BCUT2D eigenvalue weighted by Gasteiger charge is -2.34. The predicted octanol–water partition coefficient (Wildman–Crippen LogP) is 5.84. The third-order valence-corrected chi connectivity index (χ3v) is 8.23. The molecule has 2 aromatic heterocycles. The fraction of sp³-hybridized carbons (Fsp3) is 0.424. The Hall–Kier alpha value is -3.98. The molecular weight excluding hydrogens is 533 g/mol. The number of aromatic nitrogens is 3. The molecule has 3 heterocycles. The molecule has 0 aliphatic carbocycles. The van der Waals surface area contributed by atoms with E-state index in [1.807, 2.05) is 42.3 Å². The van der Waals surface area contributed by atoms with E-state index in [-0.39, 0.29) is 23.5 Å². The molecule has 1 fully saturated rings. The highest BCUT2D eigenvalue weighted by atomic mass is 19.1. The number of carbonyl (C=O) groups excluding carboxylic acids is 2. The Balaban J connectivity index is 1.18. The highest BCUT2D eigenvalue weighted by Crippen LogP contribution is 2.36. The number of ether oxygens (including phenoxy) is 1. The number of carbonyl (C=O) groups is 2.